The largest absolute Gasteiger partial charge is 0.462 e. The highest BCUT2D eigenvalue weighted by molar-refractivity contribution is 5.70. The normalized spacial score (nSPS) is 13.2. The summed E-state index contributed by atoms with van der Waals surface area (Å²) in [4.78, 5) is 24.1. The summed E-state index contributed by atoms with van der Waals surface area (Å²) in [6.07, 6.45) is 69.1. The van der Waals surface area contributed by atoms with E-state index >= 15 is 0 Å². The smallest absolute Gasteiger partial charge is 0.306 e. The molecule has 1 unspecified atom stereocenters. The van der Waals surface area contributed by atoms with Crippen molar-refractivity contribution >= 4 is 11.9 Å². The maximum absolute atomic E-state index is 12.2. The maximum Gasteiger partial charge on any atom is 0.306 e. The second-order valence-corrected chi connectivity index (χ2v) is 15.1. The first-order chi connectivity index (χ1) is 28.6. The average Bonchev–Trinajstić information content (AvgIpc) is 3.23. The second-order valence-electron chi connectivity index (χ2n) is 15.1. The standard InChI is InChI=1S/C53H86O5/c1-3-5-7-9-11-12-13-14-15-16-17-18-19-20-21-22-23-24-25-26-27-28-29-30-31-32-33-34-35-36-37-38-39-40-42-44-46-48-53(56)58-51(49-54)50-57-52(55)47-45-43-41-10-8-6-4-2/h5,7,11-12,14-15,17-18,20-21,23-24,26-27,29-30,32-33,51,54H,3-4,6,8-10,13,16,19,22,25,28,31,34-50H2,1-2H3/b7-5-,12-11-,15-14-,18-17-,21-20-,24-23-,27-26-,30-29-,33-32-. The molecule has 1 N–H and O–H groups in total. The third-order valence-corrected chi connectivity index (χ3v) is 9.58. The number of esters is 2. The Morgan fingerprint density at radius 1 is 0.414 bits per heavy atom. The van der Waals surface area contributed by atoms with Gasteiger partial charge in [0, 0.05) is 12.8 Å². The van der Waals surface area contributed by atoms with Gasteiger partial charge in [0.05, 0.1) is 6.61 Å². The minimum absolute atomic E-state index is 0.0725. The van der Waals surface area contributed by atoms with Gasteiger partial charge in [-0.2, -0.15) is 0 Å². The fraction of sp³-hybridized carbons (Fsp3) is 0.623. The first kappa shape index (κ1) is 54.6. The summed E-state index contributed by atoms with van der Waals surface area (Å²) in [5.74, 6) is -0.611. The van der Waals surface area contributed by atoms with Gasteiger partial charge in [0.2, 0.25) is 0 Å². The Hall–Kier alpha value is -3.44. The number of carbonyl (C=O) groups is 2. The lowest BCUT2D eigenvalue weighted by atomic mass is 10.1. The van der Waals surface area contributed by atoms with E-state index in [4.69, 9.17) is 9.47 Å². The number of unbranched alkanes of at least 4 members (excludes halogenated alkanes) is 15. The molecule has 0 spiro atoms. The van der Waals surface area contributed by atoms with Gasteiger partial charge in [-0.05, 0) is 83.5 Å². The molecule has 0 amide bonds. The molecule has 0 rings (SSSR count). The van der Waals surface area contributed by atoms with E-state index in [-0.39, 0.29) is 25.2 Å². The van der Waals surface area contributed by atoms with Gasteiger partial charge in [-0.1, -0.05) is 207 Å². The zero-order valence-electron chi connectivity index (χ0n) is 37.3. The molecule has 0 bridgehead atoms. The van der Waals surface area contributed by atoms with E-state index in [1.54, 1.807) is 0 Å². The third kappa shape index (κ3) is 45.3. The molecule has 0 radical (unpaired) electrons. The highest BCUT2D eigenvalue weighted by Crippen LogP contribution is 2.13. The summed E-state index contributed by atoms with van der Waals surface area (Å²) in [6, 6.07) is 0. The quantitative estimate of drug-likeness (QED) is 0.0379. The lowest BCUT2D eigenvalue weighted by Crippen LogP contribution is -2.28. The highest BCUT2D eigenvalue weighted by atomic mass is 16.6. The van der Waals surface area contributed by atoms with Crippen molar-refractivity contribution in [3.8, 4) is 0 Å². The average molecular weight is 803 g/mol. The third-order valence-electron chi connectivity index (χ3n) is 9.58. The molecule has 0 aliphatic rings. The summed E-state index contributed by atoms with van der Waals surface area (Å²) in [6.45, 7) is 3.96. The molecule has 1 atom stereocenters. The van der Waals surface area contributed by atoms with E-state index in [0.29, 0.717) is 12.8 Å². The Bertz CT molecular complexity index is 1180. The number of rotatable bonds is 41. The van der Waals surface area contributed by atoms with Gasteiger partial charge in [0.1, 0.15) is 6.61 Å². The molecule has 328 valence electrons. The van der Waals surface area contributed by atoms with Crippen molar-refractivity contribution in [1.82, 2.24) is 0 Å². The summed E-state index contributed by atoms with van der Waals surface area (Å²) in [5.41, 5.74) is 0. The van der Waals surface area contributed by atoms with Gasteiger partial charge in [0.25, 0.3) is 0 Å². The van der Waals surface area contributed by atoms with Crippen LogP contribution in [0.5, 0.6) is 0 Å². The summed E-state index contributed by atoms with van der Waals surface area (Å²) < 4.78 is 10.5. The molecule has 0 heterocycles. The molecule has 0 saturated heterocycles. The van der Waals surface area contributed by atoms with Crippen LogP contribution in [0.3, 0.4) is 0 Å². The van der Waals surface area contributed by atoms with Crippen LogP contribution in [0.2, 0.25) is 0 Å². The van der Waals surface area contributed by atoms with Crippen molar-refractivity contribution in [3.05, 3.63) is 109 Å². The van der Waals surface area contributed by atoms with Crippen molar-refractivity contribution in [2.45, 2.75) is 200 Å². The van der Waals surface area contributed by atoms with E-state index in [1.165, 1.54) is 64.2 Å². The number of aliphatic hydroxyl groups excluding tert-OH is 1. The summed E-state index contributed by atoms with van der Waals surface area (Å²) in [7, 11) is 0. The molecule has 0 saturated carbocycles. The maximum atomic E-state index is 12.2. The SMILES string of the molecule is CC/C=C\C/C=C\C/C=C\C/C=C\C/C=C\C/C=C\C/C=C\C/C=C\C/C=C\CCCCCCCCCCCC(=O)OC(CO)COC(=O)CCCCCCCCC. The van der Waals surface area contributed by atoms with Crippen LogP contribution in [0, 0.1) is 0 Å². The molecule has 0 aromatic carbocycles. The first-order valence-corrected chi connectivity index (χ1v) is 23.4. The van der Waals surface area contributed by atoms with Gasteiger partial charge < -0.3 is 14.6 Å². The van der Waals surface area contributed by atoms with Gasteiger partial charge in [-0.15, -0.1) is 0 Å². The fourth-order valence-corrected chi connectivity index (χ4v) is 6.07. The molecule has 5 heteroatoms. The van der Waals surface area contributed by atoms with Crippen LogP contribution in [0.15, 0.2) is 109 Å². The van der Waals surface area contributed by atoms with E-state index < -0.39 is 6.10 Å². The van der Waals surface area contributed by atoms with Crippen LogP contribution in [-0.4, -0.2) is 36.4 Å². The van der Waals surface area contributed by atoms with Crippen LogP contribution in [0.25, 0.3) is 0 Å². The topological polar surface area (TPSA) is 72.8 Å². The number of ether oxygens (including phenoxy) is 2. The van der Waals surface area contributed by atoms with Crippen LogP contribution < -0.4 is 0 Å². The number of hydrogen-bond acceptors (Lipinski definition) is 5. The highest BCUT2D eigenvalue weighted by Gasteiger charge is 2.16. The Balaban J connectivity index is 3.58. The van der Waals surface area contributed by atoms with Crippen molar-refractivity contribution in [2.24, 2.45) is 0 Å². The minimum Gasteiger partial charge on any atom is -0.462 e. The molecule has 0 aliphatic carbocycles. The molecular formula is C53H86O5. The Labute approximate surface area is 357 Å². The second kappa shape index (κ2) is 47.9. The van der Waals surface area contributed by atoms with Gasteiger partial charge in [0.15, 0.2) is 6.10 Å². The van der Waals surface area contributed by atoms with Crippen molar-refractivity contribution in [1.29, 1.82) is 0 Å². The van der Waals surface area contributed by atoms with Crippen LogP contribution >= 0.6 is 0 Å². The number of aliphatic hydroxyl groups is 1. The fourth-order valence-electron chi connectivity index (χ4n) is 6.07. The Morgan fingerprint density at radius 3 is 1.12 bits per heavy atom. The molecule has 0 aliphatic heterocycles. The van der Waals surface area contributed by atoms with Crippen LogP contribution in [0.4, 0.5) is 0 Å². The zero-order chi connectivity index (χ0) is 42.1. The monoisotopic (exact) mass is 803 g/mol. The van der Waals surface area contributed by atoms with E-state index in [1.807, 2.05) is 0 Å². The van der Waals surface area contributed by atoms with Crippen LogP contribution in [-0.2, 0) is 19.1 Å². The first-order valence-electron chi connectivity index (χ1n) is 23.4. The van der Waals surface area contributed by atoms with Gasteiger partial charge >= 0.3 is 11.9 Å². The molecular weight excluding hydrogens is 717 g/mol. The summed E-state index contributed by atoms with van der Waals surface area (Å²) in [5, 5.41) is 9.53. The minimum atomic E-state index is -0.776. The molecule has 0 aromatic rings. The van der Waals surface area contributed by atoms with E-state index in [0.717, 1.165) is 103 Å². The molecule has 0 aromatic heterocycles. The molecule has 58 heavy (non-hydrogen) atoms. The molecule has 0 fully saturated rings. The number of hydrogen-bond donors (Lipinski definition) is 1. The van der Waals surface area contributed by atoms with Crippen molar-refractivity contribution in [2.75, 3.05) is 13.2 Å². The Kier molecular flexibility index (Phi) is 45.1. The van der Waals surface area contributed by atoms with Gasteiger partial charge in [-0.3, -0.25) is 9.59 Å². The predicted octanol–water partition coefficient (Wildman–Crippen LogP) is 15.4. The Morgan fingerprint density at radius 2 is 0.741 bits per heavy atom. The predicted molar refractivity (Wildman–Crippen MR) is 251 cm³/mol. The van der Waals surface area contributed by atoms with Crippen molar-refractivity contribution in [3.63, 3.8) is 0 Å². The summed E-state index contributed by atoms with van der Waals surface area (Å²) >= 11 is 0. The molecule has 5 nitrogen and oxygen atoms in total. The zero-order valence-corrected chi connectivity index (χ0v) is 37.3. The van der Waals surface area contributed by atoms with Crippen molar-refractivity contribution < 1.29 is 24.2 Å². The lowest BCUT2D eigenvalue weighted by molar-refractivity contribution is -0.161. The van der Waals surface area contributed by atoms with E-state index in [2.05, 4.69) is 123 Å². The number of allylic oxidation sites excluding steroid dienone is 18. The number of carbonyl (C=O) groups excluding carboxylic acids is 2. The van der Waals surface area contributed by atoms with Crippen LogP contribution in [0.1, 0.15) is 194 Å². The lowest BCUT2D eigenvalue weighted by Gasteiger charge is -2.15. The van der Waals surface area contributed by atoms with Gasteiger partial charge in [-0.25, -0.2) is 0 Å². The van der Waals surface area contributed by atoms with E-state index in [9.17, 15) is 14.7 Å².